The summed E-state index contributed by atoms with van der Waals surface area (Å²) in [5.74, 6) is -0.714. The van der Waals surface area contributed by atoms with Crippen molar-refractivity contribution in [1.29, 1.82) is 0 Å². The Labute approximate surface area is 113 Å². The molecule has 1 saturated heterocycles. The Bertz CT molecular complexity index is 489. The zero-order chi connectivity index (χ0) is 14.3. The standard InChI is InChI=1S/C11H16F3N5O/c12-11(13,14)10-16-9-4-18(1-2-19(9)17-10)8-3-7(15)5-20-6-8/h7-8H,1-6,15H2/t7-,8+/m0/s1. The molecule has 112 valence electrons. The SMILES string of the molecule is N[C@@H]1COC[C@H](N2CCn3nc(C(F)(F)F)nc3C2)C1. The number of hydrogen-bond donors (Lipinski definition) is 1. The van der Waals surface area contributed by atoms with Gasteiger partial charge in [0, 0.05) is 18.6 Å². The molecule has 0 spiro atoms. The molecule has 3 rings (SSSR count). The quantitative estimate of drug-likeness (QED) is 0.802. The molecule has 0 radical (unpaired) electrons. The number of alkyl halides is 3. The summed E-state index contributed by atoms with van der Waals surface area (Å²) in [6.07, 6.45) is -3.70. The van der Waals surface area contributed by atoms with Crippen molar-refractivity contribution in [2.45, 2.75) is 37.8 Å². The third kappa shape index (κ3) is 2.65. The van der Waals surface area contributed by atoms with Crippen molar-refractivity contribution in [1.82, 2.24) is 19.7 Å². The summed E-state index contributed by atoms with van der Waals surface area (Å²) >= 11 is 0. The van der Waals surface area contributed by atoms with Gasteiger partial charge in [0.1, 0.15) is 5.82 Å². The monoisotopic (exact) mass is 291 g/mol. The lowest BCUT2D eigenvalue weighted by Crippen LogP contribution is -2.50. The van der Waals surface area contributed by atoms with Crippen LogP contribution in [0.4, 0.5) is 13.2 Å². The topological polar surface area (TPSA) is 69.2 Å². The molecule has 9 heteroatoms. The van der Waals surface area contributed by atoms with Gasteiger partial charge >= 0.3 is 6.18 Å². The van der Waals surface area contributed by atoms with E-state index in [4.69, 9.17) is 10.5 Å². The van der Waals surface area contributed by atoms with Crippen molar-refractivity contribution in [3.63, 3.8) is 0 Å². The van der Waals surface area contributed by atoms with Crippen molar-refractivity contribution in [3.05, 3.63) is 11.6 Å². The normalized spacial score (nSPS) is 28.4. The van der Waals surface area contributed by atoms with Crippen LogP contribution in [0.5, 0.6) is 0 Å². The van der Waals surface area contributed by atoms with Crippen LogP contribution in [0.25, 0.3) is 0 Å². The van der Waals surface area contributed by atoms with Gasteiger partial charge in [0.15, 0.2) is 0 Å². The molecule has 2 aliphatic heterocycles. The highest BCUT2D eigenvalue weighted by Crippen LogP contribution is 2.28. The van der Waals surface area contributed by atoms with E-state index in [-0.39, 0.29) is 12.1 Å². The van der Waals surface area contributed by atoms with Crippen LogP contribution in [0, 0.1) is 0 Å². The van der Waals surface area contributed by atoms with Crippen LogP contribution >= 0.6 is 0 Å². The second-order valence-electron chi connectivity index (χ2n) is 5.23. The van der Waals surface area contributed by atoms with Gasteiger partial charge in [0.05, 0.1) is 26.3 Å². The van der Waals surface area contributed by atoms with Gasteiger partial charge in [-0.1, -0.05) is 0 Å². The van der Waals surface area contributed by atoms with Crippen LogP contribution in [0.15, 0.2) is 0 Å². The number of aromatic nitrogens is 3. The Kier molecular flexibility index (Phi) is 3.43. The molecule has 3 heterocycles. The van der Waals surface area contributed by atoms with Gasteiger partial charge in [-0.3, -0.25) is 4.90 Å². The first-order valence-electron chi connectivity index (χ1n) is 6.52. The summed E-state index contributed by atoms with van der Waals surface area (Å²) in [7, 11) is 0. The van der Waals surface area contributed by atoms with E-state index in [1.165, 1.54) is 4.68 Å². The molecular formula is C11H16F3N5O. The summed E-state index contributed by atoms with van der Waals surface area (Å²) in [6.45, 7) is 2.50. The zero-order valence-electron chi connectivity index (χ0n) is 10.8. The van der Waals surface area contributed by atoms with E-state index in [1.54, 1.807) is 0 Å². The largest absolute Gasteiger partial charge is 0.453 e. The van der Waals surface area contributed by atoms with Crippen molar-refractivity contribution in [2.24, 2.45) is 5.73 Å². The van der Waals surface area contributed by atoms with E-state index in [0.717, 1.165) is 6.42 Å². The average molecular weight is 291 g/mol. The first-order valence-corrected chi connectivity index (χ1v) is 6.52. The number of rotatable bonds is 1. The molecule has 0 saturated carbocycles. The maximum atomic E-state index is 12.6. The second-order valence-corrected chi connectivity index (χ2v) is 5.23. The molecule has 1 fully saturated rings. The Morgan fingerprint density at radius 3 is 2.75 bits per heavy atom. The van der Waals surface area contributed by atoms with Crippen LogP contribution in [-0.2, 0) is 24.0 Å². The molecule has 2 atom stereocenters. The van der Waals surface area contributed by atoms with Crippen molar-refractivity contribution >= 4 is 0 Å². The Balaban J connectivity index is 1.73. The first kappa shape index (κ1) is 13.8. The molecule has 0 unspecified atom stereocenters. The van der Waals surface area contributed by atoms with E-state index in [1.807, 2.05) is 0 Å². The molecule has 20 heavy (non-hydrogen) atoms. The van der Waals surface area contributed by atoms with Gasteiger partial charge in [0.25, 0.3) is 5.82 Å². The number of hydrogen-bond acceptors (Lipinski definition) is 5. The van der Waals surface area contributed by atoms with E-state index in [2.05, 4.69) is 15.0 Å². The molecule has 0 amide bonds. The third-order valence-corrected chi connectivity index (χ3v) is 3.68. The van der Waals surface area contributed by atoms with E-state index in [0.29, 0.717) is 38.7 Å². The predicted molar refractivity (Wildman–Crippen MR) is 62.6 cm³/mol. The minimum atomic E-state index is -4.49. The van der Waals surface area contributed by atoms with Gasteiger partial charge in [-0.15, -0.1) is 5.10 Å². The second kappa shape index (κ2) is 4.97. The van der Waals surface area contributed by atoms with Crippen LogP contribution in [0.1, 0.15) is 18.1 Å². The molecule has 1 aromatic heterocycles. The summed E-state index contributed by atoms with van der Waals surface area (Å²) < 4.78 is 44.5. The molecule has 0 aliphatic carbocycles. The number of halogens is 3. The number of ether oxygens (including phenoxy) is 1. The van der Waals surface area contributed by atoms with E-state index >= 15 is 0 Å². The fraction of sp³-hybridized carbons (Fsp3) is 0.818. The smallest absolute Gasteiger partial charge is 0.378 e. The van der Waals surface area contributed by atoms with Crippen molar-refractivity contribution in [2.75, 3.05) is 19.8 Å². The van der Waals surface area contributed by atoms with Gasteiger partial charge in [-0.25, -0.2) is 9.67 Å². The highest BCUT2D eigenvalue weighted by molar-refractivity contribution is 5.00. The molecule has 1 aromatic rings. The fourth-order valence-electron chi connectivity index (χ4n) is 2.68. The van der Waals surface area contributed by atoms with Gasteiger partial charge < -0.3 is 10.5 Å². The van der Waals surface area contributed by atoms with E-state index < -0.39 is 12.0 Å². The van der Waals surface area contributed by atoms with Gasteiger partial charge in [-0.2, -0.15) is 13.2 Å². The Morgan fingerprint density at radius 2 is 2.05 bits per heavy atom. The van der Waals surface area contributed by atoms with Crippen molar-refractivity contribution < 1.29 is 17.9 Å². The van der Waals surface area contributed by atoms with Crippen LogP contribution in [0.2, 0.25) is 0 Å². The summed E-state index contributed by atoms with van der Waals surface area (Å²) in [5, 5.41) is 3.51. The minimum absolute atomic E-state index is 0.0146. The van der Waals surface area contributed by atoms with Gasteiger partial charge in [-0.05, 0) is 6.42 Å². The van der Waals surface area contributed by atoms with Crippen LogP contribution in [0.3, 0.4) is 0 Å². The molecular weight excluding hydrogens is 275 g/mol. The highest BCUT2D eigenvalue weighted by Gasteiger charge is 2.38. The zero-order valence-corrected chi connectivity index (χ0v) is 10.8. The summed E-state index contributed by atoms with van der Waals surface area (Å²) in [5.41, 5.74) is 5.85. The maximum absolute atomic E-state index is 12.6. The molecule has 0 aromatic carbocycles. The average Bonchev–Trinajstić information content (AvgIpc) is 2.81. The van der Waals surface area contributed by atoms with Crippen LogP contribution in [-0.4, -0.2) is 51.5 Å². The number of fused-ring (bicyclic) bond motifs is 1. The molecule has 0 bridgehead atoms. The third-order valence-electron chi connectivity index (χ3n) is 3.68. The van der Waals surface area contributed by atoms with Gasteiger partial charge in [0.2, 0.25) is 0 Å². The van der Waals surface area contributed by atoms with Crippen LogP contribution < -0.4 is 5.73 Å². The lowest BCUT2D eigenvalue weighted by atomic mass is 10.0. The molecule has 6 nitrogen and oxygen atoms in total. The summed E-state index contributed by atoms with van der Waals surface area (Å²) in [4.78, 5) is 5.67. The first-order chi connectivity index (χ1) is 9.43. The Hall–Kier alpha value is -1.19. The number of nitrogens with zero attached hydrogens (tertiary/aromatic N) is 4. The van der Waals surface area contributed by atoms with E-state index in [9.17, 15) is 13.2 Å². The number of nitrogens with two attached hydrogens (primary N) is 1. The Morgan fingerprint density at radius 1 is 1.25 bits per heavy atom. The lowest BCUT2D eigenvalue weighted by Gasteiger charge is -2.37. The van der Waals surface area contributed by atoms with Crippen molar-refractivity contribution in [3.8, 4) is 0 Å². The summed E-state index contributed by atoms with van der Waals surface area (Å²) in [6, 6.07) is 0.123. The molecule has 2 aliphatic rings. The maximum Gasteiger partial charge on any atom is 0.453 e. The predicted octanol–water partition coefficient (Wildman–Crippen LogP) is 0.229. The highest BCUT2D eigenvalue weighted by atomic mass is 19.4. The fourth-order valence-corrected chi connectivity index (χ4v) is 2.68. The minimum Gasteiger partial charge on any atom is -0.378 e. The lowest BCUT2D eigenvalue weighted by molar-refractivity contribution is -0.145. The molecule has 2 N–H and O–H groups in total.